The Morgan fingerprint density at radius 2 is 1.80 bits per heavy atom. The minimum atomic E-state index is -4.93. The fraction of sp³-hybridized carbons (Fsp3) is 0.467. The van der Waals surface area contributed by atoms with Crippen molar-refractivity contribution in [3.05, 3.63) is 83.6 Å². The van der Waals surface area contributed by atoms with Crippen molar-refractivity contribution in [2.24, 2.45) is 5.41 Å². The van der Waals surface area contributed by atoms with Gasteiger partial charge in [-0.25, -0.2) is 4.98 Å². The summed E-state index contributed by atoms with van der Waals surface area (Å²) in [5.74, 6) is 0.312. The first-order chi connectivity index (χ1) is 19.2. The fourth-order valence-corrected chi connectivity index (χ4v) is 6.32. The second kappa shape index (κ2) is 11.2. The molecule has 10 heteroatoms. The predicted molar refractivity (Wildman–Crippen MR) is 142 cm³/mol. The van der Waals surface area contributed by atoms with Crippen molar-refractivity contribution in [3.63, 3.8) is 0 Å². The van der Waals surface area contributed by atoms with Gasteiger partial charge in [-0.2, -0.15) is 13.2 Å². The zero-order chi connectivity index (χ0) is 28.4. The SMILES string of the molecule is CO[C@@](C(=O)N1CCC2(CCNCC2c2ccccc2OCc2coc(C)n2)CC1)(c1ccccc1)C(F)(F)F. The van der Waals surface area contributed by atoms with Gasteiger partial charge in [-0.05, 0) is 42.9 Å². The number of nitrogens with one attached hydrogen (secondary N) is 1. The number of piperidine rings is 2. The Kier molecular flexibility index (Phi) is 7.92. The van der Waals surface area contributed by atoms with Gasteiger partial charge in [0, 0.05) is 45.1 Å². The molecule has 5 rings (SSSR count). The van der Waals surface area contributed by atoms with Gasteiger partial charge in [0.15, 0.2) is 5.89 Å². The van der Waals surface area contributed by atoms with Crippen LogP contribution < -0.4 is 10.1 Å². The number of para-hydroxylation sites is 1. The molecule has 2 aliphatic rings. The molecule has 0 bridgehead atoms. The van der Waals surface area contributed by atoms with E-state index in [1.165, 1.54) is 29.2 Å². The number of nitrogens with zero attached hydrogens (tertiary/aromatic N) is 2. The van der Waals surface area contributed by atoms with E-state index < -0.39 is 17.7 Å². The number of aromatic nitrogens is 1. The number of alkyl halides is 3. The van der Waals surface area contributed by atoms with Crippen molar-refractivity contribution < 1.29 is 31.9 Å². The highest BCUT2D eigenvalue weighted by Crippen LogP contribution is 2.51. The number of ether oxygens (including phenoxy) is 2. The van der Waals surface area contributed by atoms with Crippen LogP contribution in [0.4, 0.5) is 13.2 Å². The van der Waals surface area contributed by atoms with Crippen molar-refractivity contribution in [2.75, 3.05) is 33.3 Å². The van der Waals surface area contributed by atoms with Gasteiger partial charge in [0.05, 0.1) is 0 Å². The Hall–Kier alpha value is -3.37. The molecule has 0 aliphatic carbocycles. The summed E-state index contributed by atoms with van der Waals surface area (Å²) in [6.45, 7) is 3.98. The minimum absolute atomic E-state index is 0.0673. The van der Waals surface area contributed by atoms with Gasteiger partial charge in [-0.3, -0.25) is 4.79 Å². The molecule has 3 aromatic rings. The van der Waals surface area contributed by atoms with E-state index in [9.17, 15) is 18.0 Å². The Balaban J connectivity index is 1.37. The quantitative estimate of drug-likeness (QED) is 0.422. The summed E-state index contributed by atoms with van der Waals surface area (Å²) >= 11 is 0. The van der Waals surface area contributed by atoms with Crippen LogP contribution in [0, 0.1) is 12.3 Å². The van der Waals surface area contributed by atoms with Crippen molar-refractivity contribution in [1.82, 2.24) is 15.2 Å². The van der Waals surface area contributed by atoms with Gasteiger partial charge in [0.25, 0.3) is 11.5 Å². The molecule has 3 heterocycles. The van der Waals surface area contributed by atoms with Gasteiger partial charge in [-0.15, -0.1) is 0 Å². The highest BCUT2D eigenvalue weighted by molar-refractivity contribution is 5.88. The molecular formula is C30H34F3N3O4. The van der Waals surface area contributed by atoms with Crippen LogP contribution in [0.2, 0.25) is 0 Å². The van der Waals surface area contributed by atoms with Crippen LogP contribution in [-0.2, 0) is 21.7 Å². The van der Waals surface area contributed by atoms with Crippen LogP contribution in [0.5, 0.6) is 5.75 Å². The molecule has 7 nitrogen and oxygen atoms in total. The molecule has 1 amide bonds. The summed E-state index contributed by atoms with van der Waals surface area (Å²) in [7, 11) is 0.948. The van der Waals surface area contributed by atoms with Gasteiger partial charge in [0.1, 0.15) is 24.3 Å². The van der Waals surface area contributed by atoms with E-state index >= 15 is 0 Å². The van der Waals surface area contributed by atoms with E-state index in [0.717, 1.165) is 31.4 Å². The smallest absolute Gasteiger partial charge is 0.430 e. The molecule has 2 saturated heterocycles. The minimum Gasteiger partial charge on any atom is -0.487 e. The molecule has 2 fully saturated rings. The first kappa shape index (κ1) is 28.2. The first-order valence-corrected chi connectivity index (χ1v) is 13.5. The zero-order valence-electron chi connectivity index (χ0n) is 22.7. The average molecular weight is 558 g/mol. The second-order valence-electron chi connectivity index (χ2n) is 10.6. The molecule has 1 aromatic heterocycles. The van der Waals surface area contributed by atoms with Crippen LogP contribution >= 0.6 is 0 Å². The number of halogens is 3. The lowest BCUT2D eigenvalue weighted by Gasteiger charge is -2.51. The maximum absolute atomic E-state index is 14.5. The molecule has 0 saturated carbocycles. The van der Waals surface area contributed by atoms with Crippen molar-refractivity contribution in [3.8, 4) is 5.75 Å². The Morgan fingerprint density at radius 1 is 1.10 bits per heavy atom. The van der Waals surface area contributed by atoms with E-state index in [2.05, 4.69) is 16.4 Å². The molecule has 0 radical (unpaired) electrons. The first-order valence-electron chi connectivity index (χ1n) is 13.5. The van der Waals surface area contributed by atoms with Gasteiger partial charge in [-0.1, -0.05) is 48.5 Å². The normalized spacial score (nSPS) is 20.7. The lowest BCUT2D eigenvalue weighted by atomic mass is 9.62. The number of carbonyl (C=O) groups is 1. The number of oxazole rings is 1. The van der Waals surface area contributed by atoms with Crippen LogP contribution in [0.25, 0.3) is 0 Å². The highest BCUT2D eigenvalue weighted by atomic mass is 19.4. The van der Waals surface area contributed by atoms with Crippen molar-refractivity contribution >= 4 is 5.91 Å². The molecular weight excluding hydrogens is 523 g/mol. The third-order valence-corrected chi connectivity index (χ3v) is 8.46. The average Bonchev–Trinajstić information content (AvgIpc) is 3.38. The number of hydrogen-bond acceptors (Lipinski definition) is 6. The van der Waals surface area contributed by atoms with E-state index in [0.29, 0.717) is 31.0 Å². The number of hydrogen-bond donors (Lipinski definition) is 1. The molecule has 214 valence electrons. The molecule has 1 spiro atoms. The lowest BCUT2D eigenvalue weighted by Crippen LogP contribution is -2.59. The van der Waals surface area contributed by atoms with Gasteiger partial charge < -0.3 is 24.1 Å². The number of carbonyl (C=O) groups excluding carboxylic acids is 1. The molecule has 2 aromatic carbocycles. The summed E-state index contributed by atoms with van der Waals surface area (Å²) in [4.78, 5) is 19.3. The van der Waals surface area contributed by atoms with Crippen molar-refractivity contribution in [1.29, 1.82) is 0 Å². The summed E-state index contributed by atoms with van der Waals surface area (Å²) < 4.78 is 60.1. The molecule has 1 N–H and O–H groups in total. The molecule has 2 atom stereocenters. The maximum Gasteiger partial charge on any atom is 0.430 e. The fourth-order valence-electron chi connectivity index (χ4n) is 6.32. The van der Waals surface area contributed by atoms with Crippen LogP contribution in [0.1, 0.15) is 47.9 Å². The van der Waals surface area contributed by atoms with Crippen LogP contribution in [0.15, 0.2) is 65.3 Å². The summed E-state index contributed by atoms with van der Waals surface area (Å²) in [5, 5.41) is 3.49. The summed E-state index contributed by atoms with van der Waals surface area (Å²) in [6.07, 6.45) is -1.34. The predicted octanol–water partition coefficient (Wildman–Crippen LogP) is 5.35. The highest BCUT2D eigenvalue weighted by Gasteiger charge is 2.64. The zero-order valence-corrected chi connectivity index (χ0v) is 22.7. The number of benzene rings is 2. The standard InChI is InChI=1S/C30H34F3N3O4/c1-21-35-23(19-39-21)20-40-26-11-7-6-10-24(26)25-18-34-15-12-28(25)13-16-36(17-14-28)27(37)29(38-2,30(31,32)33)22-8-4-3-5-9-22/h3-11,19,25,34H,12-18,20H2,1-2H3/t25?,29-/m1/s1. The number of rotatable bonds is 7. The van der Waals surface area contributed by atoms with Gasteiger partial charge >= 0.3 is 6.18 Å². The Morgan fingerprint density at radius 3 is 2.45 bits per heavy atom. The van der Waals surface area contributed by atoms with Crippen LogP contribution in [0.3, 0.4) is 0 Å². The third kappa shape index (κ3) is 5.10. The Bertz CT molecular complexity index is 1300. The maximum atomic E-state index is 14.5. The van der Waals surface area contributed by atoms with Gasteiger partial charge in [0.2, 0.25) is 0 Å². The lowest BCUT2D eigenvalue weighted by molar-refractivity contribution is -0.271. The Labute approximate surface area is 231 Å². The van der Waals surface area contributed by atoms with E-state index in [-0.39, 0.29) is 36.6 Å². The molecule has 1 unspecified atom stereocenters. The molecule has 40 heavy (non-hydrogen) atoms. The summed E-state index contributed by atoms with van der Waals surface area (Å²) in [5.41, 5.74) is -1.72. The number of likely N-dealkylation sites (tertiary alicyclic amines) is 1. The third-order valence-electron chi connectivity index (χ3n) is 8.46. The van der Waals surface area contributed by atoms with Crippen LogP contribution in [-0.4, -0.2) is 55.3 Å². The number of methoxy groups -OCH3 is 1. The van der Waals surface area contributed by atoms with E-state index in [1.807, 2.05) is 18.2 Å². The second-order valence-corrected chi connectivity index (χ2v) is 10.6. The van der Waals surface area contributed by atoms with E-state index in [4.69, 9.17) is 13.9 Å². The largest absolute Gasteiger partial charge is 0.487 e. The monoisotopic (exact) mass is 557 g/mol. The van der Waals surface area contributed by atoms with E-state index in [1.54, 1.807) is 19.3 Å². The number of aryl methyl sites for hydroxylation is 1. The number of amides is 1. The molecule has 2 aliphatic heterocycles. The summed E-state index contributed by atoms with van der Waals surface area (Å²) in [6, 6.07) is 15.0. The van der Waals surface area contributed by atoms with Crippen molar-refractivity contribution in [2.45, 2.75) is 50.5 Å². The topological polar surface area (TPSA) is 76.8 Å².